The van der Waals surface area contributed by atoms with Gasteiger partial charge < -0.3 is 9.53 Å². The summed E-state index contributed by atoms with van der Waals surface area (Å²) in [4.78, 5) is 10.7. The van der Waals surface area contributed by atoms with Crippen LogP contribution in [0.5, 0.6) is 5.75 Å². The minimum Gasteiger partial charge on any atom is -0.492 e. The van der Waals surface area contributed by atoms with Crippen molar-refractivity contribution in [1.29, 1.82) is 0 Å². The highest BCUT2D eigenvalue weighted by Crippen LogP contribution is 2.25. The first-order chi connectivity index (χ1) is 7.59. The van der Waals surface area contributed by atoms with Crippen molar-refractivity contribution in [3.63, 3.8) is 0 Å². The van der Waals surface area contributed by atoms with Crippen molar-refractivity contribution < 1.29 is 9.53 Å². The van der Waals surface area contributed by atoms with Gasteiger partial charge in [0.15, 0.2) is 0 Å². The Morgan fingerprint density at radius 2 is 2.12 bits per heavy atom. The van der Waals surface area contributed by atoms with E-state index in [-0.39, 0.29) is 5.78 Å². The number of hydrogen-bond acceptors (Lipinski definition) is 2. The van der Waals surface area contributed by atoms with Gasteiger partial charge in [-0.1, -0.05) is 17.7 Å². The predicted molar refractivity (Wildman–Crippen MR) is 66.2 cm³/mol. The number of ether oxygens (including phenoxy) is 1. The average molecular weight is 241 g/mol. The number of carbonyl (C=O) groups excluding carboxylic acids is 1. The topological polar surface area (TPSA) is 26.3 Å². The summed E-state index contributed by atoms with van der Waals surface area (Å²) in [7, 11) is 0. The first-order valence-corrected chi connectivity index (χ1v) is 5.86. The van der Waals surface area contributed by atoms with Crippen LogP contribution in [0, 0.1) is 6.92 Å². The molecule has 0 spiro atoms. The summed E-state index contributed by atoms with van der Waals surface area (Å²) in [5, 5.41) is 0.636. The van der Waals surface area contributed by atoms with Gasteiger partial charge in [0.05, 0.1) is 11.6 Å². The van der Waals surface area contributed by atoms with E-state index in [0.717, 1.165) is 24.2 Å². The minimum absolute atomic E-state index is 0.230. The molecule has 1 aromatic rings. The highest BCUT2D eigenvalue weighted by atomic mass is 35.5. The van der Waals surface area contributed by atoms with E-state index < -0.39 is 0 Å². The van der Waals surface area contributed by atoms with Crippen molar-refractivity contribution in [3.05, 3.63) is 28.8 Å². The van der Waals surface area contributed by atoms with E-state index in [0.29, 0.717) is 18.1 Å². The van der Waals surface area contributed by atoms with Crippen LogP contribution in [0.15, 0.2) is 18.2 Å². The van der Waals surface area contributed by atoms with Gasteiger partial charge in [-0.2, -0.15) is 0 Å². The van der Waals surface area contributed by atoms with Crippen LogP contribution in [0.4, 0.5) is 0 Å². The lowest BCUT2D eigenvalue weighted by molar-refractivity contribution is -0.117. The highest BCUT2D eigenvalue weighted by molar-refractivity contribution is 6.32. The molecule has 0 fully saturated rings. The van der Waals surface area contributed by atoms with Gasteiger partial charge in [-0.3, -0.25) is 0 Å². The first kappa shape index (κ1) is 13.0. The summed E-state index contributed by atoms with van der Waals surface area (Å²) < 4.78 is 5.56. The van der Waals surface area contributed by atoms with Gasteiger partial charge in [0.25, 0.3) is 0 Å². The third-order valence-electron chi connectivity index (χ3n) is 2.27. The van der Waals surface area contributed by atoms with Crippen molar-refractivity contribution in [2.45, 2.75) is 33.1 Å². The number of hydrogen-bond donors (Lipinski definition) is 0. The molecule has 0 aromatic heterocycles. The molecule has 1 aromatic carbocycles. The third-order valence-corrected chi connectivity index (χ3v) is 2.58. The fraction of sp³-hybridized carbons (Fsp3) is 0.462. The van der Waals surface area contributed by atoms with Crippen molar-refractivity contribution in [1.82, 2.24) is 0 Å². The van der Waals surface area contributed by atoms with Gasteiger partial charge in [-0.05, 0) is 44.4 Å². The Bertz CT molecular complexity index is 361. The molecule has 0 heterocycles. The van der Waals surface area contributed by atoms with E-state index in [1.807, 2.05) is 25.1 Å². The van der Waals surface area contributed by atoms with Gasteiger partial charge in [0, 0.05) is 6.42 Å². The third kappa shape index (κ3) is 4.67. The first-order valence-electron chi connectivity index (χ1n) is 5.48. The van der Waals surface area contributed by atoms with E-state index in [1.165, 1.54) is 0 Å². The van der Waals surface area contributed by atoms with E-state index >= 15 is 0 Å². The van der Waals surface area contributed by atoms with Crippen molar-refractivity contribution >= 4 is 17.4 Å². The number of unbranched alkanes of at least 4 members (excludes halogenated alkanes) is 1. The second kappa shape index (κ2) is 6.54. The lowest BCUT2D eigenvalue weighted by Gasteiger charge is -2.08. The Morgan fingerprint density at radius 3 is 2.81 bits per heavy atom. The molecule has 0 saturated carbocycles. The van der Waals surface area contributed by atoms with Crippen molar-refractivity contribution in [3.8, 4) is 5.75 Å². The van der Waals surface area contributed by atoms with Crippen molar-refractivity contribution in [2.24, 2.45) is 0 Å². The monoisotopic (exact) mass is 240 g/mol. The van der Waals surface area contributed by atoms with Crippen LogP contribution in [0.25, 0.3) is 0 Å². The van der Waals surface area contributed by atoms with Crippen LogP contribution in [0.2, 0.25) is 5.02 Å². The van der Waals surface area contributed by atoms with E-state index in [4.69, 9.17) is 16.3 Å². The molecule has 0 bridgehead atoms. The molecule has 0 unspecified atom stereocenters. The Hall–Kier alpha value is -1.02. The van der Waals surface area contributed by atoms with Crippen LogP contribution in [0.1, 0.15) is 31.7 Å². The molecule has 0 aliphatic rings. The maximum Gasteiger partial charge on any atom is 0.138 e. The van der Waals surface area contributed by atoms with Crippen LogP contribution >= 0.6 is 11.6 Å². The highest BCUT2D eigenvalue weighted by Gasteiger charge is 2.01. The molecule has 0 radical (unpaired) electrons. The molecule has 88 valence electrons. The fourth-order valence-corrected chi connectivity index (χ4v) is 1.55. The number of halogens is 1. The number of rotatable bonds is 6. The molecule has 0 atom stereocenters. The Balaban J connectivity index is 2.31. The number of Topliss-reactive ketones (excluding diaryl/α,β-unsaturated/α-hetero) is 1. The molecule has 3 heteroatoms. The zero-order chi connectivity index (χ0) is 12.0. The quantitative estimate of drug-likeness (QED) is 0.708. The molecule has 0 saturated heterocycles. The Labute approximate surface area is 102 Å². The van der Waals surface area contributed by atoms with Gasteiger partial charge in [0.2, 0.25) is 0 Å². The summed E-state index contributed by atoms with van der Waals surface area (Å²) >= 11 is 5.98. The van der Waals surface area contributed by atoms with E-state index in [9.17, 15) is 4.79 Å². The number of aryl methyl sites for hydroxylation is 1. The normalized spacial score (nSPS) is 10.2. The molecule has 2 nitrogen and oxygen atoms in total. The van der Waals surface area contributed by atoms with Crippen molar-refractivity contribution in [2.75, 3.05) is 6.61 Å². The Kier molecular flexibility index (Phi) is 5.33. The molecule has 1 rings (SSSR count). The SMILES string of the molecule is CC(=O)CCCCOc1cc(C)ccc1Cl. The van der Waals surface area contributed by atoms with Crippen LogP contribution < -0.4 is 4.74 Å². The molecule has 0 N–H and O–H groups in total. The number of ketones is 1. The predicted octanol–water partition coefficient (Wildman–Crippen LogP) is 3.79. The number of benzene rings is 1. The van der Waals surface area contributed by atoms with Gasteiger partial charge >= 0.3 is 0 Å². The van der Waals surface area contributed by atoms with Crippen LogP contribution in [0.3, 0.4) is 0 Å². The summed E-state index contributed by atoms with van der Waals surface area (Å²) in [6, 6.07) is 5.71. The lowest BCUT2D eigenvalue weighted by atomic mass is 10.2. The minimum atomic E-state index is 0.230. The van der Waals surface area contributed by atoms with Gasteiger partial charge in [0.1, 0.15) is 11.5 Å². The largest absolute Gasteiger partial charge is 0.492 e. The Morgan fingerprint density at radius 1 is 1.38 bits per heavy atom. The van der Waals surface area contributed by atoms with Gasteiger partial charge in [-0.25, -0.2) is 0 Å². The van der Waals surface area contributed by atoms with E-state index in [1.54, 1.807) is 6.92 Å². The second-order valence-electron chi connectivity index (χ2n) is 3.94. The van der Waals surface area contributed by atoms with E-state index in [2.05, 4.69) is 0 Å². The average Bonchev–Trinajstić information content (AvgIpc) is 2.22. The smallest absolute Gasteiger partial charge is 0.138 e. The summed E-state index contributed by atoms with van der Waals surface area (Å²) in [5.41, 5.74) is 1.13. The van der Waals surface area contributed by atoms with Gasteiger partial charge in [-0.15, -0.1) is 0 Å². The number of carbonyl (C=O) groups is 1. The zero-order valence-electron chi connectivity index (χ0n) is 9.75. The summed E-state index contributed by atoms with van der Waals surface area (Å²) in [6.45, 7) is 4.22. The summed E-state index contributed by atoms with van der Waals surface area (Å²) in [6.07, 6.45) is 2.38. The standard InChI is InChI=1S/C13H17ClO2/c1-10-6-7-12(14)13(9-10)16-8-4-3-5-11(2)15/h6-7,9H,3-5,8H2,1-2H3. The lowest BCUT2D eigenvalue weighted by Crippen LogP contribution is -1.99. The molecule has 0 aliphatic heterocycles. The molecule has 16 heavy (non-hydrogen) atoms. The zero-order valence-corrected chi connectivity index (χ0v) is 10.5. The summed E-state index contributed by atoms with van der Waals surface area (Å²) in [5.74, 6) is 0.957. The molecule has 0 amide bonds. The fourth-order valence-electron chi connectivity index (χ4n) is 1.38. The molecule has 0 aliphatic carbocycles. The maximum atomic E-state index is 10.7. The molecular weight excluding hydrogens is 224 g/mol. The maximum absolute atomic E-state index is 10.7. The van der Waals surface area contributed by atoms with Crippen LogP contribution in [-0.2, 0) is 4.79 Å². The second-order valence-corrected chi connectivity index (χ2v) is 4.35. The van der Waals surface area contributed by atoms with Crippen LogP contribution in [-0.4, -0.2) is 12.4 Å². The molecular formula is C13H17ClO2.